The third-order valence-corrected chi connectivity index (χ3v) is 24.2. The summed E-state index contributed by atoms with van der Waals surface area (Å²) in [6.07, 6.45) is 79.1. The molecule has 0 bridgehead atoms. The molecule has 0 amide bonds. The zero-order valence-electron chi connectivity index (χ0n) is 74.0. The first-order valence-corrected chi connectivity index (χ1v) is 51.0. The largest absolute Gasteiger partial charge is 0.472 e. The van der Waals surface area contributed by atoms with E-state index in [4.69, 9.17) is 37.0 Å². The highest BCUT2D eigenvalue weighted by Crippen LogP contribution is 2.45. The van der Waals surface area contributed by atoms with Crippen LogP contribution in [0.4, 0.5) is 0 Å². The van der Waals surface area contributed by atoms with Crippen LogP contribution < -0.4 is 0 Å². The quantitative estimate of drug-likeness (QED) is 0.0222. The standard InChI is InChI=1S/C93H182O17P2/c1-7-10-12-14-16-18-20-22-23-24-25-26-27-28-29-34-41-47-53-59-65-71-77-92(97)109-89(82-104-91(96)76-70-64-58-52-46-40-33-31-30-32-38-43-49-55-61-67-73-85(4)5)84-108-112(101,102)106-80-87(94)79-105-111(99,100)107-83-88(81-103-90(95)75-69-63-57-51-45-37-21-19-17-15-13-11-8-2)110-93(98)78-72-66-60-54-48-42-36-35-39-44-50-56-62-68-74-86(6)9-3/h85-89,94H,7-84H2,1-6H3,(H,99,100)(H,101,102)/t86?,87-,88+,89+/m0/s1. The lowest BCUT2D eigenvalue weighted by atomic mass is 9.99. The van der Waals surface area contributed by atoms with E-state index in [1.54, 1.807) is 0 Å². The van der Waals surface area contributed by atoms with Crippen molar-refractivity contribution in [3.8, 4) is 0 Å². The highest BCUT2D eigenvalue weighted by atomic mass is 31.2. The molecule has 0 aromatic carbocycles. The van der Waals surface area contributed by atoms with Gasteiger partial charge in [0.25, 0.3) is 0 Å². The predicted octanol–water partition coefficient (Wildman–Crippen LogP) is 29.0. The summed E-state index contributed by atoms with van der Waals surface area (Å²) >= 11 is 0. The van der Waals surface area contributed by atoms with Crippen LogP contribution in [0.2, 0.25) is 0 Å². The van der Waals surface area contributed by atoms with Gasteiger partial charge in [-0.15, -0.1) is 0 Å². The summed E-state index contributed by atoms with van der Waals surface area (Å²) in [5.74, 6) is -0.433. The molecule has 0 spiro atoms. The van der Waals surface area contributed by atoms with Crippen molar-refractivity contribution in [1.29, 1.82) is 0 Å². The number of hydrogen-bond acceptors (Lipinski definition) is 15. The molecule has 0 aliphatic heterocycles. The van der Waals surface area contributed by atoms with Crippen LogP contribution in [-0.2, 0) is 65.4 Å². The highest BCUT2D eigenvalue weighted by Gasteiger charge is 2.31. The van der Waals surface area contributed by atoms with Gasteiger partial charge in [-0.2, -0.15) is 0 Å². The number of aliphatic hydroxyl groups is 1. The molecule has 3 N–H and O–H groups in total. The molecule has 0 aromatic rings. The Morgan fingerprint density at radius 1 is 0.259 bits per heavy atom. The molecule has 112 heavy (non-hydrogen) atoms. The van der Waals surface area contributed by atoms with Gasteiger partial charge in [-0.25, -0.2) is 9.13 Å². The number of ether oxygens (including phenoxy) is 4. The van der Waals surface area contributed by atoms with Gasteiger partial charge >= 0.3 is 39.5 Å². The van der Waals surface area contributed by atoms with Crippen LogP contribution in [-0.4, -0.2) is 96.7 Å². The zero-order chi connectivity index (χ0) is 82.0. The molecule has 17 nitrogen and oxygen atoms in total. The minimum atomic E-state index is -4.97. The molecule has 0 aliphatic carbocycles. The van der Waals surface area contributed by atoms with Gasteiger partial charge in [0, 0.05) is 25.7 Å². The summed E-state index contributed by atoms with van der Waals surface area (Å²) < 4.78 is 69.2. The van der Waals surface area contributed by atoms with Crippen LogP contribution in [0.15, 0.2) is 0 Å². The van der Waals surface area contributed by atoms with E-state index in [0.717, 1.165) is 102 Å². The molecular formula is C93H182O17P2. The average Bonchev–Trinajstić information content (AvgIpc) is 0.895. The van der Waals surface area contributed by atoms with Crippen LogP contribution in [0.1, 0.15) is 504 Å². The van der Waals surface area contributed by atoms with Crippen molar-refractivity contribution in [3.63, 3.8) is 0 Å². The Labute approximate surface area is 689 Å². The number of phosphoric ester groups is 2. The lowest BCUT2D eigenvalue weighted by Crippen LogP contribution is -2.30. The summed E-state index contributed by atoms with van der Waals surface area (Å²) in [6, 6.07) is 0. The maximum absolute atomic E-state index is 13.2. The van der Waals surface area contributed by atoms with Gasteiger partial charge in [0.2, 0.25) is 0 Å². The number of hydrogen-bond donors (Lipinski definition) is 3. The van der Waals surface area contributed by atoms with Gasteiger partial charge in [0.15, 0.2) is 12.2 Å². The van der Waals surface area contributed by atoms with Crippen molar-refractivity contribution in [2.75, 3.05) is 39.6 Å². The highest BCUT2D eigenvalue weighted by molar-refractivity contribution is 7.47. The van der Waals surface area contributed by atoms with E-state index in [9.17, 15) is 43.2 Å². The minimum Gasteiger partial charge on any atom is -0.462 e. The molecule has 0 rings (SSSR count). The average molecular weight is 1630 g/mol. The van der Waals surface area contributed by atoms with Crippen molar-refractivity contribution < 1.29 is 80.2 Å². The van der Waals surface area contributed by atoms with E-state index >= 15 is 0 Å². The molecule has 0 aromatic heterocycles. The SMILES string of the molecule is CCCCCCCCCCCCCCCCCCCCCCCCC(=O)O[C@H](COC(=O)CCCCCCCCCCCCCCCCCCC(C)C)COP(=O)(O)OC[C@@H](O)COP(=O)(O)OC[C@@H](COC(=O)CCCCCCCCCCCCCCC)OC(=O)CCCCCCCCCCCCCCCCC(C)CC. The van der Waals surface area contributed by atoms with Gasteiger partial charge in [-0.3, -0.25) is 37.3 Å². The molecule has 0 heterocycles. The molecule has 19 heteroatoms. The molecule has 0 saturated heterocycles. The second-order valence-corrected chi connectivity index (χ2v) is 37.0. The fourth-order valence-electron chi connectivity index (χ4n) is 14.6. The van der Waals surface area contributed by atoms with E-state index in [1.165, 1.54) is 321 Å². The van der Waals surface area contributed by atoms with Crippen LogP contribution in [0.3, 0.4) is 0 Å². The van der Waals surface area contributed by atoms with Crippen LogP contribution in [0, 0.1) is 11.8 Å². The van der Waals surface area contributed by atoms with Gasteiger partial charge in [-0.1, -0.05) is 452 Å². The van der Waals surface area contributed by atoms with E-state index in [1.807, 2.05) is 0 Å². The third kappa shape index (κ3) is 84.5. The minimum absolute atomic E-state index is 0.108. The van der Waals surface area contributed by atoms with E-state index in [0.29, 0.717) is 25.7 Å². The predicted molar refractivity (Wildman–Crippen MR) is 465 cm³/mol. The molecule has 666 valence electrons. The zero-order valence-corrected chi connectivity index (χ0v) is 75.8. The summed E-state index contributed by atoms with van der Waals surface area (Å²) in [5, 5.41) is 10.7. The van der Waals surface area contributed by atoms with Gasteiger partial charge in [0.1, 0.15) is 19.3 Å². The van der Waals surface area contributed by atoms with Gasteiger partial charge < -0.3 is 33.8 Å². The Balaban J connectivity index is 5.26. The lowest BCUT2D eigenvalue weighted by Gasteiger charge is -2.21. The summed E-state index contributed by atoms with van der Waals surface area (Å²) in [7, 11) is -9.94. The molecule has 0 radical (unpaired) electrons. The fourth-order valence-corrected chi connectivity index (χ4v) is 16.2. The monoisotopic (exact) mass is 1630 g/mol. The van der Waals surface area contributed by atoms with Crippen molar-refractivity contribution in [2.24, 2.45) is 11.8 Å². The van der Waals surface area contributed by atoms with E-state index in [2.05, 4.69) is 41.5 Å². The molecule has 0 saturated carbocycles. The first-order chi connectivity index (χ1) is 54.4. The van der Waals surface area contributed by atoms with Crippen molar-refractivity contribution >= 4 is 39.5 Å². The number of carbonyl (C=O) groups excluding carboxylic acids is 4. The molecular weight excluding hydrogens is 1450 g/mol. The molecule has 0 fully saturated rings. The van der Waals surface area contributed by atoms with Crippen LogP contribution in [0.5, 0.6) is 0 Å². The van der Waals surface area contributed by atoms with Crippen LogP contribution >= 0.6 is 15.6 Å². The Bertz CT molecular complexity index is 2130. The Hall–Kier alpha value is -1.94. The van der Waals surface area contributed by atoms with Gasteiger partial charge in [0.05, 0.1) is 26.4 Å². The second-order valence-electron chi connectivity index (χ2n) is 34.1. The topological polar surface area (TPSA) is 237 Å². The summed E-state index contributed by atoms with van der Waals surface area (Å²) in [6.45, 7) is 9.80. The number of phosphoric acid groups is 2. The van der Waals surface area contributed by atoms with Crippen molar-refractivity contribution in [2.45, 2.75) is 522 Å². The van der Waals surface area contributed by atoms with E-state index in [-0.39, 0.29) is 25.7 Å². The number of aliphatic hydroxyl groups excluding tert-OH is 1. The Morgan fingerprint density at radius 2 is 0.455 bits per heavy atom. The number of esters is 4. The normalized spacial score (nSPS) is 13.9. The molecule has 0 aliphatic rings. The summed E-state index contributed by atoms with van der Waals surface area (Å²) in [5.41, 5.74) is 0. The first kappa shape index (κ1) is 110. The Kier molecular flexibility index (Phi) is 82.6. The second kappa shape index (κ2) is 84.1. The number of unbranched alkanes of at least 4 members (excludes halogenated alkanes) is 61. The molecule has 3 unspecified atom stereocenters. The third-order valence-electron chi connectivity index (χ3n) is 22.3. The maximum Gasteiger partial charge on any atom is 0.472 e. The summed E-state index contributed by atoms with van der Waals surface area (Å²) in [4.78, 5) is 73.5. The Morgan fingerprint density at radius 3 is 0.679 bits per heavy atom. The van der Waals surface area contributed by atoms with Crippen molar-refractivity contribution in [3.05, 3.63) is 0 Å². The lowest BCUT2D eigenvalue weighted by molar-refractivity contribution is -0.161. The van der Waals surface area contributed by atoms with Crippen LogP contribution in [0.25, 0.3) is 0 Å². The number of carbonyl (C=O) groups is 4. The maximum atomic E-state index is 13.2. The van der Waals surface area contributed by atoms with Crippen molar-refractivity contribution in [1.82, 2.24) is 0 Å². The first-order valence-electron chi connectivity index (χ1n) is 48.0. The molecule has 6 atom stereocenters. The smallest absolute Gasteiger partial charge is 0.462 e. The number of rotatable bonds is 92. The fraction of sp³-hybridized carbons (Fsp3) is 0.957. The van der Waals surface area contributed by atoms with E-state index < -0.39 is 97.5 Å². The van der Waals surface area contributed by atoms with Gasteiger partial charge in [-0.05, 0) is 37.5 Å².